The number of aryl methyl sites for hydroxylation is 2. The Bertz CT molecular complexity index is 815. The fourth-order valence-electron chi connectivity index (χ4n) is 2.95. The number of nitrogens with one attached hydrogen (secondary N) is 1. The highest BCUT2D eigenvalue weighted by Crippen LogP contribution is 2.28. The van der Waals surface area contributed by atoms with Gasteiger partial charge in [-0.1, -0.05) is 11.6 Å². The molecule has 1 atom stereocenters. The highest BCUT2D eigenvalue weighted by atomic mass is 35.5. The van der Waals surface area contributed by atoms with Gasteiger partial charge in [0.25, 0.3) is 0 Å². The summed E-state index contributed by atoms with van der Waals surface area (Å²) < 4.78 is 48.4. The van der Waals surface area contributed by atoms with Crippen molar-refractivity contribution >= 4 is 23.4 Å². The largest absolute Gasteiger partial charge is 0.449 e. The minimum Gasteiger partial charge on any atom is -0.449 e. The van der Waals surface area contributed by atoms with E-state index in [-0.39, 0.29) is 13.2 Å². The van der Waals surface area contributed by atoms with Crippen LogP contribution < -0.4 is 10.2 Å². The van der Waals surface area contributed by atoms with E-state index < -0.39 is 18.7 Å². The minimum atomic E-state index is -4.28. The number of hydrogen-bond acceptors (Lipinski definition) is 7. The monoisotopic (exact) mass is 419 g/mol. The van der Waals surface area contributed by atoms with E-state index in [1.807, 2.05) is 6.92 Å². The molecule has 0 saturated carbocycles. The van der Waals surface area contributed by atoms with E-state index in [1.165, 1.54) is 6.39 Å². The fraction of sp³-hybridized carbons (Fsp3) is 0.588. The van der Waals surface area contributed by atoms with Crippen LogP contribution in [0, 0.1) is 13.8 Å². The van der Waals surface area contributed by atoms with Gasteiger partial charge in [-0.15, -0.1) is 0 Å². The zero-order valence-electron chi connectivity index (χ0n) is 15.5. The van der Waals surface area contributed by atoms with E-state index in [9.17, 15) is 13.2 Å². The van der Waals surface area contributed by atoms with Crippen molar-refractivity contribution in [2.75, 3.05) is 36.5 Å². The normalized spacial score (nSPS) is 17.8. The van der Waals surface area contributed by atoms with E-state index in [0.717, 1.165) is 11.5 Å². The van der Waals surface area contributed by atoms with Crippen molar-refractivity contribution in [3.05, 3.63) is 28.6 Å². The van der Waals surface area contributed by atoms with Gasteiger partial charge in [0.1, 0.15) is 10.8 Å². The first-order valence-electron chi connectivity index (χ1n) is 8.83. The molecule has 0 radical (unpaired) electrons. The van der Waals surface area contributed by atoms with E-state index in [1.54, 1.807) is 11.8 Å². The number of aromatic nitrogens is 3. The third kappa shape index (κ3) is 5.26. The second-order valence-corrected chi connectivity index (χ2v) is 6.94. The molecule has 1 N–H and O–H groups in total. The highest BCUT2D eigenvalue weighted by molar-refractivity contribution is 6.33. The van der Waals surface area contributed by atoms with Gasteiger partial charge in [-0.3, -0.25) is 0 Å². The number of nitrogens with zero attached hydrogens (tertiary/aromatic N) is 4. The maximum absolute atomic E-state index is 12.7. The Labute approximate surface area is 165 Å². The number of ether oxygens (including phenoxy) is 1. The summed E-state index contributed by atoms with van der Waals surface area (Å²) in [7, 11) is 0. The molecule has 154 valence electrons. The second-order valence-electron chi connectivity index (χ2n) is 6.56. The molecule has 0 aromatic carbocycles. The van der Waals surface area contributed by atoms with Crippen LogP contribution in [0.5, 0.6) is 0 Å². The van der Waals surface area contributed by atoms with E-state index in [2.05, 4.69) is 20.3 Å². The lowest BCUT2D eigenvalue weighted by Crippen LogP contribution is -2.45. The van der Waals surface area contributed by atoms with Crippen LogP contribution in [0.4, 0.5) is 24.9 Å². The number of rotatable bonds is 6. The number of oxazole rings is 1. The molecule has 1 aliphatic rings. The summed E-state index contributed by atoms with van der Waals surface area (Å²) in [5.74, 6) is 1.51. The average Bonchev–Trinajstić information content (AvgIpc) is 3.02. The van der Waals surface area contributed by atoms with Gasteiger partial charge in [-0.2, -0.15) is 18.2 Å². The van der Waals surface area contributed by atoms with E-state index in [4.69, 9.17) is 20.8 Å². The second kappa shape index (κ2) is 8.52. The average molecular weight is 420 g/mol. The zero-order valence-corrected chi connectivity index (χ0v) is 16.3. The molecule has 1 unspecified atom stereocenters. The molecule has 1 aliphatic heterocycles. The lowest BCUT2D eigenvalue weighted by Gasteiger charge is -2.33. The Hall–Kier alpha value is -2.07. The summed E-state index contributed by atoms with van der Waals surface area (Å²) in [6.45, 7) is 4.74. The summed E-state index contributed by atoms with van der Waals surface area (Å²) in [4.78, 5) is 14.6. The smallest absolute Gasteiger partial charge is 0.391 e. The molecule has 2 aromatic heterocycles. The summed E-state index contributed by atoms with van der Waals surface area (Å²) >= 11 is 6.30. The van der Waals surface area contributed by atoms with Crippen LogP contribution in [0.2, 0.25) is 5.02 Å². The van der Waals surface area contributed by atoms with E-state index >= 15 is 0 Å². The predicted octanol–water partition coefficient (Wildman–Crippen LogP) is 3.55. The lowest BCUT2D eigenvalue weighted by molar-refractivity contribution is -0.161. The number of anilines is 2. The van der Waals surface area contributed by atoms with Crippen LogP contribution in [0.15, 0.2) is 10.8 Å². The van der Waals surface area contributed by atoms with Crippen molar-refractivity contribution in [2.45, 2.75) is 39.0 Å². The fourth-order valence-corrected chi connectivity index (χ4v) is 3.10. The maximum Gasteiger partial charge on any atom is 0.391 e. The SMILES string of the molecule is Cc1nc(N2CCOC(CC(F)(F)F)C2)nc(NCCc2ncoc2C)c1Cl. The maximum atomic E-state index is 12.7. The molecule has 0 spiro atoms. The molecule has 0 amide bonds. The van der Waals surface area contributed by atoms with E-state index in [0.29, 0.717) is 42.0 Å². The van der Waals surface area contributed by atoms with Crippen LogP contribution in [-0.2, 0) is 11.2 Å². The van der Waals surface area contributed by atoms with Crippen LogP contribution in [0.3, 0.4) is 0 Å². The number of hydrogen-bond donors (Lipinski definition) is 1. The van der Waals surface area contributed by atoms with Crippen molar-refractivity contribution in [1.82, 2.24) is 15.0 Å². The molecule has 1 fully saturated rings. The van der Waals surface area contributed by atoms with Gasteiger partial charge >= 0.3 is 6.18 Å². The Kier molecular flexibility index (Phi) is 6.29. The number of halogens is 4. The number of morpholine rings is 1. The van der Waals surface area contributed by atoms with Gasteiger partial charge in [0.05, 0.1) is 30.5 Å². The summed E-state index contributed by atoms with van der Waals surface area (Å²) in [5.41, 5.74) is 1.38. The van der Waals surface area contributed by atoms with Gasteiger partial charge in [0.2, 0.25) is 5.95 Å². The summed E-state index contributed by atoms with van der Waals surface area (Å²) in [6, 6.07) is 0. The molecule has 11 heteroatoms. The van der Waals surface area contributed by atoms with Crippen molar-refractivity contribution in [1.29, 1.82) is 0 Å². The van der Waals surface area contributed by atoms with Gasteiger partial charge in [0, 0.05) is 26.1 Å². The summed E-state index contributed by atoms with van der Waals surface area (Å²) in [5, 5.41) is 3.52. The van der Waals surface area contributed by atoms with Crippen molar-refractivity contribution in [2.24, 2.45) is 0 Å². The first-order valence-corrected chi connectivity index (χ1v) is 9.21. The molecule has 28 heavy (non-hydrogen) atoms. The molecule has 1 saturated heterocycles. The van der Waals surface area contributed by atoms with Crippen molar-refractivity contribution < 1.29 is 22.3 Å². The van der Waals surface area contributed by atoms with Gasteiger partial charge in [-0.25, -0.2) is 9.97 Å². The third-order valence-corrected chi connectivity index (χ3v) is 4.84. The first kappa shape index (κ1) is 20.7. The van der Waals surface area contributed by atoms with Gasteiger partial charge in [0.15, 0.2) is 12.2 Å². The van der Waals surface area contributed by atoms with Crippen molar-refractivity contribution in [3.8, 4) is 0 Å². The van der Waals surface area contributed by atoms with Crippen LogP contribution in [0.1, 0.15) is 23.6 Å². The van der Waals surface area contributed by atoms with Crippen LogP contribution in [-0.4, -0.2) is 53.5 Å². The first-order chi connectivity index (χ1) is 13.2. The highest BCUT2D eigenvalue weighted by Gasteiger charge is 2.35. The van der Waals surface area contributed by atoms with Gasteiger partial charge < -0.3 is 19.4 Å². The van der Waals surface area contributed by atoms with Gasteiger partial charge in [-0.05, 0) is 13.8 Å². The molecule has 3 rings (SSSR count). The van der Waals surface area contributed by atoms with Crippen LogP contribution >= 0.6 is 11.6 Å². The molecule has 0 aliphatic carbocycles. The minimum absolute atomic E-state index is 0.0676. The third-order valence-electron chi connectivity index (χ3n) is 4.38. The Morgan fingerprint density at radius 3 is 2.79 bits per heavy atom. The predicted molar refractivity (Wildman–Crippen MR) is 97.8 cm³/mol. The quantitative estimate of drug-likeness (QED) is 0.767. The molecule has 7 nitrogen and oxygen atoms in total. The molecule has 0 bridgehead atoms. The Morgan fingerprint density at radius 2 is 2.11 bits per heavy atom. The standard InChI is InChI=1S/C17H21ClF3N5O2/c1-10-14(18)15(22-4-3-13-11(2)28-9-23-13)25-16(24-10)26-5-6-27-12(8-26)7-17(19,20)21/h9,12H,3-8H2,1-2H3,(H,22,24,25). The molecular formula is C17H21ClF3N5O2. The molecule has 3 heterocycles. The van der Waals surface area contributed by atoms with Crippen LogP contribution in [0.25, 0.3) is 0 Å². The zero-order chi connectivity index (χ0) is 20.3. The lowest BCUT2D eigenvalue weighted by atomic mass is 10.2. The summed E-state index contributed by atoms with van der Waals surface area (Å²) in [6.07, 6.45) is -4.23. The van der Waals surface area contributed by atoms with Crippen molar-refractivity contribution in [3.63, 3.8) is 0 Å². The molecular weight excluding hydrogens is 399 g/mol. The molecule has 2 aromatic rings. The Balaban J connectivity index is 1.69. The Morgan fingerprint density at radius 1 is 1.32 bits per heavy atom. The topological polar surface area (TPSA) is 76.3 Å². The number of alkyl halides is 3.